The molecule has 0 aromatic rings. The van der Waals surface area contributed by atoms with Gasteiger partial charge in [0, 0.05) is 0 Å². The number of aliphatic hydroxyl groups excluding tert-OH is 1. The maximum Gasteiger partial charge on any atom is 0.308 e. The maximum atomic E-state index is 11.8. The number of hydrogen-bond donors (Lipinski definition) is 5. The highest BCUT2D eigenvalue weighted by Crippen LogP contribution is 2.28. The van der Waals surface area contributed by atoms with Crippen LogP contribution in [0.5, 0.6) is 0 Å². The summed E-state index contributed by atoms with van der Waals surface area (Å²) in [4.78, 5) is 20.5. The molecule has 152 valence electrons. The Bertz CT molecular complexity index is 438. The third kappa shape index (κ3) is 6.62. The fourth-order valence-corrected chi connectivity index (χ4v) is 2.54. The van der Waals surface area contributed by atoms with E-state index in [1.807, 2.05) is 0 Å². The van der Waals surface area contributed by atoms with Gasteiger partial charge >= 0.3 is 5.97 Å². The molecule has 2 saturated heterocycles. The standard InChI is InChI=1S/C12H22N2O12/c15-8-5-22-12-9(6-23-11(8)12)25-10(16)1-2-21-3-7(26-14(19)20)4-24-13(17)18/h7-9,11-12,15,17-20H,1-6H2/t7?,8-,9-,11-,12-/m1/s1. The molecular formula is C12H22N2O12. The molecule has 5 atom stereocenters. The zero-order chi connectivity index (χ0) is 19.1. The summed E-state index contributed by atoms with van der Waals surface area (Å²) in [5.74, 6) is -0.569. The van der Waals surface area contributed by atoms with E-state index in [1.165, 1.54) is 0 Å². The van der Waals surface area contributed by atoms with Gasteiger partial charge in [-0.25, -0.2) is 9.68 Å². The number of carbonyl (C=O) groups is 1. The van der Waals surface area contributed by atoms with Crippen molar-refractivity contribution in [1.82, 2.24) is 10.8 Å². The van der Waals surface area contributed by atoms with E-state index in [0.29, 0.717) is 0 Å². The van der Waals surface area contributed by atoms with Gasteiger partial charge in [-0.15, -0.1) is 0 Å². The number of nitrogens with zero attached hydrogens (tertiary/aromatic N) is 2. The first kappa shape index (κ1) is 21.3. The number of hydrogen-bond acceptors (Lipinski definition) is 14. The van der Waals surface area contributed by atoms with E-state index in [9.17, 15) is 9.90 Å². The first-order chi connectivity index (χ1) is 12.4. The Morgan fingerprint density at radius 3 is 2.50 bits per heavy atom. The molecule has 5 N–H and O–H groups in total. The second-order valence-corrected chi connectivity index (χ2v) is 5.55. The van der Waals surface area contributed by atoms with Gasteiger partial charge < -0.3 is 24.1 Å². The Morgan fingerprint density at radius 1 is 1.08 bits per heavy atom. The highest BCUT2D eigenvalue weighted by atomic mass is 17.1. The van der Waals surface area contributed by atoms with E-state index < -0.39 is 53.9 Å². The second-order valence-electron chi connectivity index (χ2n) is 5.55. The number of ether oxygens (including phenoxy) is 4. The van der Waals surface area contributed by atoms with Crippen LogP contribution >= 0.6 is 0 Å². The van der Waals surface area contributed by atoms with Crippen molar-refractivity contribution < 1.29 is 59.4 Å². The fraction of sp³-hybridized carbons (Fsp3) is 0.917. The Morgan fingerprint density at radius 2 is 1.81 bits per heavy atom. The van der Waals surface area contributed by atoms with Gasteiger partial charge in [-0.1, -0.05) is 0 Å². The number of esters is 1. The minimum absolute atomic E-state index is 0.0807. The molecule has 2 fully saturated rings. The summed E-state index contributed by atoms with van der Waals surface area (Å²) in [6.07, 6.45) is -3.56. The number of carbonyl (C=O) groups excluding carboxylic acids is 1. The van der Waals surface area contributed by atoms with Crippen LogP contribution < -0.4 is 0 Å². The van der Waals surface area contributed by atoms with Crippen molar-refractivity contribution in [2.45, 2.75) is 36.9 Å². The molecule has 2 rings (SSSR count). The fourth-order valence-electron chi connectivity index (χ4n) is 2.54. The van der Waals surface area contributed by atoms with Gasteiger partial charge in [0.15, 0.2) is 6.10 Å². The average Bonchev–Trinajstić information content (AvgIpc) is 3.12. The van der Waals surface area contributed by atoms with E-state index in [4.69, 9.17) is 39.8 Å². The minimum atomic E-state index is -1.11. The number of fused-ring (bicyclic) bond motifs is 1. The van der Waals surface area contributed by atoms with Gasteiger partial charge in [0.05, 0.1) is 43.6 Å². The largest absolute Gasteiger partial charge is 0.457 e. The van der Waals surface area contributed by atoms with Crippen molar-refractivity contribution in [3.8, 4) is 0 Å². The predicted molar refractivity (Wildman–Crippen MR) is 72.5 cm³/mol. The molecule has 26 heavy (non-hydrogen) atoms. The molecule has 0 radical (unpaired) electrons. The van der Waals surface area contributed by atoms with E-state index in [0.717, 1.165) is 0 Å². The van der Waals surface area contributed by atoms with Crippen LogP contribution in [0.15, 0.2) is 0 Å². The van der Waals surface area contributed by atoms with Crippen molar-refractivity contribution in [2.24, 2.45) is 0 Å². The van der Waals surface area contributed by atoms with Crippen molar-refractivity contribution in [3.63, 3.8) is 0 Å². The summed E-state index contributed by atoms with van der Waals surface area (Å²) in [6, 6.07) is 0. The lowest BCUT2D eigenvalue weighted by atomic mass is 10.1. The minimum Gasteiger partial charge on any atom is -0.457 e. The van der Waals surface area contributed by atoms with Crippen molar-refractivity contribution in [2.75, 3.05) is 33.0 Å². The lowest BCUT2D eigenvalue weighted by Crippen LogP contribution is -2.35. The zero-order valence-electron chi connectivity index (χ0n) is 13.6. The van der Waals surface area contributed by atoms with Crippen molar-refractivity contribution in [1.29, 1.82) is 0 Å². The van der Waals surface area contributed by atoms with Gasteiger partial charge in [-0.05, 0) is 0 Å². The quantitative estimate of drug-likeness (QED) is 0.147. The van der Waals surface area contributed by atoms with Crippen LogP contribution in [-0.4, -0.2) is 106 Å². The monoisotopic (exact) mass is 386 g/mol. The summed E-state index contributed by atoms with van der Waals surface area (Å²) >= 11 is 0. The van der Waals surface area contributed by atoms with Crippen LogP contribution in [0.4, 0.5) is 0 Å². The van der Waals surface area contributed by atoms with E-state index in [1.54, 1.807) is 0 Å². The topological polar surface area (TPSA) is 180 Å². The predicted octanol–water partition coefficient (Wildman–Crippen LogP) is -2.14. The van der Waals surface area contributed by atoms with Gasteiger partial charge in [0.1, 0.15) is 31.0 Å². The Labute approximate surface area is 147 Å². The van der Waals surface area contributed by atoms with Crippen LogP contribution in [0.25, 0.3) is 0 Å². The normalized spacial score (nSPS) is 29.3. The van der Waals surface area contributed by atoms with Crippen LogP contribution in [0.1, 0.15) is 6.42 Å². The maximum absolute atomic E-state index is 11.8. The zero-order valence-corrected chi connectivity index (χ0v) is 13.6. The summed E-state index contributed by atoms with van der Waals surface area (Å²) < 4.78 is 21.0. The van der Waals surface area contributed by atoms with Crippen molar-refractivity contribution >= 4 is 5.97 Å². The molecule has 0 bridgehead atoms. The second kappa shape index (κ2) is 10.4. The number of aliphatic hydroxyl groups is 1. The molecule has 0 spiro atoms. The van der Waals surface area contributed by atoms with Crippen LogP contribution in [0, 0.1) is 0 Å². The van der Waals surface area contributed by atoms with Gasteiger partial charge in [-0.2, -0.15) is 0 Å². The smallest absolute Gasteiger partial charge is 0.308 e. The SMILES string of the molecule is O=C(CCOCC(CON(O)O)ON(O)O)O[C@@H]1CO[C@H]2[C@@H]1OC[C@H]2O. The summed E-state index contributed by atoms with van der Waals surface area (Å²) in [5, 5.41) is 42.5. The molecule has 0 amide bonds. The molecule has 1 unspecified atom stereocenters. The van der Waals surface area contributed by atoms with E-state index in [-0.39, 0.29) is 32.8 Å². The highest BCUT2D eigenvalue weighted by Gasteiger charge is 2.48. The van der Waals surface area contributed by atoms with Crippen LogP contribution in [-0.2, 0) is 33.4 Å². The first-order valence-electron chi connectivity index (χ1n) is 7.70. The molecule has 0 aromatic heterocycles. The van der Waals surface area contributed by atoms with Crippen molar-refractivity contribution in [3.05, 3.63) is 0 Å². The molecule has 2 aliphatic rings. The van der Waals surface area contributed by atoms with Gasteiger partial charge in [0.25, 0.3) is 0 Å². The van der Waals surface area contributed by atoms with E-state index in [2.05, 4.69) is 9.68 Å². The van der Waals surface area contributed by atoms with Gasteiger partial charge in [0.2, 0.25) is 0 Å². The molecule has 2 aliphatic heterocycles. The molecule has 0 aromatic carbocycles. The lowest BCUT2D eigenvalue weighted by molar-refractivity contribution is -0.528. The molecule has 0 aliphatic carbocycles. The first-order valence-corrected chi connectivity index (χ1v) is 7.70. The molecule has 14 nitrogen and oxygen atoms in total. The van der Waals surface area contributed by atoms with Gasteiger partial charge in [-0.3, -0.25) is 25.6 Å². The van der Waals surface area contributed by atoms with Crippen LogP contribution in [0.2, 0.25) is 0 Å². The van der Waals surface area contributed by atoms with E-state index >= 15 is 0 Å². The molecule has 2 heterocycles. The molecule has 14 heteroatoms. The van der Waals surface area contributed by atoms with Crippen LogP contribution in [0.3, 0.4) is 0 Å². The summed E-state index contributed by atoms with van der Waals surface area (Å²) in [7, 11) is 0. The average molecular weight is 386 g/mol. The Kier molecular flexibility index (Phi) is 8.48. The third-order valence-electron chi connectivity index (χ3n) is 3.64. The summed E-state index contributed by atoms with van der Waals surface area (Å²) in [6.45, 7) is -0.569. The Balaban J connectivity index is 1.62. The number of rotatable bonds is 11. The Hall–Kier alpha value is -1.01. The highest BCUT2D eigenvalue weighted by molar-refractivity contribution is 5.69. The molecule has 0 saturated carbocycles. The lowest BCUT2D eigenvalue weighted by Gasteiger charge is -2.19. The molecular weight excluding hydrogens is 364 g/mol. The summed E-state index contributed by atoms with van der Waals surface area (Å²) in [5.41, 5.74) is 0. The third-order valence-corrected chi connectivity index (χ3v) is 3.64.